The van der Waals surface area contributed by atoms with E-state index in [0.717, 1.165) is 12.3 Å². The number of aryl methyl sites for hydroxylation is 2. The molecule has 1 aliphatic rings. The third kappa shape index (κ3) is 2.62. The van der Waals surface area contributed by atoms with E-state index >= 15 is 0 Å². The summed E-state index contributed by atoms with van der Waals surface area (Å²) in [4.78, 5) is 2.11. The van der Waals surface area contributed by atoms with Gasteiger partial charge in [0.05, 0.1) is 6.04 Å². The van der Waals surface area contributed by atoms with Crippen LogP contribution in [0.4, 0.5) is 0 Å². The van der Waals surface area contributed by atoms with E-state index in [2.05, 4.69) is 43.0 Å². The fraction of sp³-hybridized carbons (Fsp3) is 0.368. The van der Waals surface area contributed by atoms with Gasteiger partial charge >= 0.3 is 0 Å². The standard InChI is InChI=1S/C19H24N2O/c1-12-9-13(2)18-16(10-12)15-6-5-14(11-17(15)19(18)20)22-8-7-21(3)4/h5-6,9-11,19H,7-8,20H2,1-4H3. The van der Waals surface area contributed by atoms with E-state index in [4.69, 9.17) is 10.5 Å². The summed E-state index contributed by atoms with van der Waals surface area (Å²) in [7, 11) is 4.09. The van der Waals surface area contributed by atoms with Crippen molar-refractivity contribution in [2.45, 2.75) is 19.9 Å². The van der Waals surface area contributed by atoms with Crippen molar-refractivity contribution >= 4 is 0 Å². The Balaban J connectivity index is 1.92. The van der Waals surface area contributed by atoms with E-state index in [-0.39, 0.29) is 6.04 Å². The number of likely N-dealkylation sites (N-methyl/N-ethyl adjacent to an activating group) is 1. The Labute approximate surface area is 132 Å². The van der Waals surface area contributed by atoms with Crippen LogP contribution in [0.3, 0.4) is 0 Å². The fourth-order valence-electron chi connectivity index (χ4n) is 3.25. The molecule has 3 heteroatoms. The third-order valence-corrected chi connectivity index (χ3v) is 4.30. The van der Waals surface area contributed by atoms with Crippen molar-refractivity contribution in [2.75, 3.05) is 27.2 Å². The lowest BCUT2D eigenvalue weighted by Gasteiger charge is -2.13. The number of hydrogen-bond acceptors (Lipinski definition) is 3. The summed E-state index contributed by atoms with van der Waals surface area (Å²) < 4.78 is 5.85. The highest BCUT2D eigenvalue weighted by Crippen LogP contribution is 2.45. The first-order valence-electron chi connectivity index (χ1n) is 7.76. The predicted octanol–water partition coefficient (Wildman–Crippen LogP) is 3.27. The molecule has 1 aliphatic carbocycles. The number of nitrogens with zero attached hydrogens (tertiary/aromatic N) is 1. The second-order valence-electron chi connectivity index (χ2n) is 6.42. The largest absolute Gasteiger partial charge is 0.492 e. The van der Waals surface area contributed by atoms with E-state index in [9.17, 15) is 0 Å². The van der Waals surface area contributed by atoms with Crippen molar-refractivity contribution in [3.63, 3.8) is 0 Å². The van der Waals surface area contributed by atoms with Gasteiger partial charge < -0.3 is 15.4 Å². The molecule has 0 bridgehead atoms. The Hall–Kier alpha value is -1.84. The maximum Gasteiger partial charge on any atom is 0.119 e. The number of hydrogen-bond donors (Lipinski definition) is 1. The maximum absolute atomic E-state index is 6.49. The van der Waals surface area contributed by atoms with Gasteiger partial charge in [0.15, 0.2) is 0 Å². The topological polar surface area (TPSA) is 38.5 Å². The van der Waals surface area contributed by atoms with E-state index in [1.165, 1.54) is 33.4 Å². The molecular formula is C19H24N2O. The minimum atomic E-state index is -0.0528. The molecule has 0 spiro atoms. The second-order valence-corrected chi connectivity index (χ2v) is 6.42. The molecule has 22 heavy (non-hydrogen) atoms. The summed E-state index contributed by atoms with van der Waals surface area (Å²) >= 11 is 0. The van der Waals surface area contributed by atoms with Crippen LogP contribution in [0.1, 0.15) is 28.3 Å². The summed E-state index contributed by atoms with van der Waals surface area (Å²) in [5, 5.41) is 0. The molecule has 0 saturated heterocycles. The third-order valence-electron chi connectivity index (χ3n) is 4.30. The van der Waals surface area contributed by atoms with E-state index in [1.807, 2.05) is 20.2 Å². The van der Waals surface area contributed by atoms with Gasteiger partial charge in [-0.3, -0.25) is 0 Å². The molecule has 0 aromatic heterocycles. The van der Waals surface area contributed by atoms with Crippen LogP contribution in [0.25, 0.3) is 11.1 Å². The Bertz CT molecular complexity index is 707. The van der Waals surface area contributed by atoms with E-state index in [0.29, 0.717) is 6.61 Å². The molecule has 1 unspecified atom stereocenters. The van der Waals surface area contributed by atoms with Gasteiger partial charge in [0, 0.05) is 6.54 Å². The average Bonchev–Trinajstić information content (AvgIpc) is 2.71. The van der Waals surface area contributed by atoms with Gasteiger partial charge in [-0.1, -0.05) is 23.8 Å². The van der Waals surface area contributed by atoms with E-state index < -0.39 is 0 Å². The molecule has 0 fully saturated rings. The normalized spacial score (nSPS) is 15.8. The molecule has 3 nitrogen and oxygen atoms in total. The van der Waals surface area contributed by atoms with Crippen molar-refractivity contribution in [3.05, 3.63) is 52.6 Å². The molecule has 2 aromatic carbocycles. The van der Waals surface area contributed by atoms with Gasteiger partial charge in [-0.15, -0.1) is 0 Å². The van der Waals surface area contributed by atoms with Gasteiger partial charge in [-0.2, -0.15) is 0 Å². The Morgan fingerprint density at radius 2 is 1.86 bits per heavy atom. The highest BCUT2D eigenvalue weighted by molar-refractivity contribution is 5.81. The molecule has 2 aromatic rings. The van der Waals surface area contributed by atoms with Gasteiger partial charge in [0.1, 0.15) is 12.4 Å². The second kappa shape index (κ2) is 5.75. The molecule has 0 heterocycles. The number of benzene rings is 2. The number of ether oxygens (including phenoxy) is 1. The lowest BCUT2D eigenvalue weighted by Crippen LogP contribution is -2.19. The number of fused-ring (bicyclic) bond motifs is 3. The maximum atomic E-state index is 6.49. The zero-order valence-corrected chi connectivity index (χ0v) is 13.8. The predicted molar refractivity (Wildman–Crippen MR) is 91.4 cm³/mol. The van der Waals surface area contributed by atoms with Crippen LogP contribution < -0.4 is 10.5 Å². The lowest BCUT2D eigenvalue weighted by molar-refractivity contribution is 0.261. The molecule has 1 atom stereocenters. The summed E-state index contributed by atoms with van der Waals surface area (Å²) in [6.45, 7) is 5.87. The van der Waals surface area contributed by atoms with Gasteiger partial charge in [-0.05, 0) is 67.9 Å². The first-order valence-corrected chi connectivity index (χ1v) is 7.76. The van der Waals surface area contributed by atoms with Crippen molar-refractivity contribution in [1.82, 2.24) is 4.90 Å². The Morgan fingerprint density at radius 3 is 2.59 bits per heavy atom. The number of nitrogens with two attached hydrogens (primary N) is 1. The van der Waals surface area contributed by atoms with Crippen LogP contribution >= 0.6 is 0 Å². The quantitative estimate of drug-likeness (QED) is 0.941. The summed E-state index contributed by atoms with van der Waals surface area (Å²) in [6, 6.07) is 10.7. The molecule has 0 amide bonds. The van der Waals surface area contributed by atoms with Crippen LogP contribution in [0.15, 0.2) is 30.3 Å². The Kier molecular flexibility index (Phi) is 3.94. The average molecular weight is 296 g/mol. The highest BCUT2D eigenvalue weighted by Gasteiger charge is 2.28. The van der Waals surface area contributed by atoms with Gasteiger partial charge in [0.25, 0.3) is 0 Å². The molecule has 3 rings (SSSR count). The van der Waals surface area contributed by atoms with Gasteiger partial charge in [-0.25, -0.2) is 0 Å². The smallest absolute Gasteiger partial charge is 0.119 e. The van der Waals surface area contributed by atoms with Crippen molar-refractivity contribution in [3.8, 4) is 16.9 Å². The summed E-state index contributed by atoms with van der Waals surface area (Å²) in [5.74, 6) is 0.901. The van der Waals surface area contributed by atoms with Gasteiger partial charge in [0.2, 0.25) is 0 Å². The minimum absolute atomic E-state index is 0.0528. The summed E-state index contributed by atoms with van der Waals surface area (Å²) in [5.41, 5.74) is 14.0. The van der Waals surface area contributed by atoms with Crippen LogP contribution in [0.5, 0.6) is 5.75 Å². The first-order chi connectivity index (χ1) is 10.5. The molecule has 116 valence electrons. The minimum Gasteiger partial charge on any atom is -0.492 e. The Morgan fingerprint density at radius 1 is 1.09 bits per heavy atom. The zero-order chi connectivity index (χ0) is 15.9. The lowest BCUT2D eigenvalue weighted by atomic mass is 9.98. The molecular weight excluding hydrogens is 272 g/mol. The van der Waals surface area contributed by atoms with Crippen molar-refractivity contribution in [2.24, 2.45) is 5.73 Å². The molecule has 0 aliphatic heterocycles. The van der Waals surface area contributed by atoms with Crippen LogP contribution in [0, 0.1) is 13.8 Å². The molecule has 0 saturated carbocycles. The monoisotopic (exact) mass is 296 g/mol. The van der Waals surface area contributed by atoms with Crippen LogP contribution in [0.2, 0.25) is 0 Å². The first kappa shape index (κ1) is 15.1. The van der Waals surface area contributed by atoms with Crippen molar-refractivity contribution < 1.29 is 4.74 Å². The highest BCUT2D eigenvalue weighted by atomic mass is 16.5. The van der Waals surface area contributed by atoms with Crippen molar-refractivity contribution in [1.29, 1.82) is 0 Å². The van der Waals surface area contributed by atoms with E-state index in [1.54, 1.807) is 0 Å². The summed E-state index contributed by atoms with van der Waals surface area (Å²) in [6.07, 6.45) is 0. The molecule has 0 radical (unpaired) electrons. The van der Waals surface area contributed by atoms with Crippen LogP contribution in [-0.4, -0.2) is 32.1 Å². The fourth-order valence-corrected chi connectivity index (χ4v) is 3.25. The number of rotatable bonds is 4. The molecule has 2 N–H and O–H groups in total. The van der Waals surface area contributed by atoms with Crippen LogP contribution in [-0.2, 0) is 0 Å². The zero-order valence-electron chi connectivity index (χ0n) is 13.8. The SMILES string of the molecule is Cc1cc(C)c2c(c1)-c1ccc(OCCN(C)C)cc1C2N.